The molecule has 0 saturated carbocycles. The second-order valence-electron chi connectivity index (χ2n) is 3.79. The molecule has 0 amide bonds. The van der Waals surface area contributed by atoms with Crippen LogP contribution < -0.4 is 9.47 Å². The van der Waals surface area contributed by atoms with Gasteiger partial charge in [0, 0.05) is 15.9 Å². The van der Waals surface area contributed by atoms with Crippen LogP contribution in [0.3, 0.4) is 0 Å². The number of benzene rings is 1. The van der Waals surface area contributed by atoms with Gasteiger partial charge in [-0.3, -0.25) is 0 Å². The third-order valence-electron chi connectivity index (χ3n) is 2.39. The molecule has 0 radical (unpaired) electrons. The van der Waals surface area contributed by atoms with Crippen molar-refractivity contribution < 1.29 is 9.47 Å². The largest absolute Gasteiger partial charge is 0.445 e. The topological polar surface area (TPSA) is 116 Å². The molecule has 1 unspecified atom stereocenters. The average Bonchev–Trinajstić information content (AvgIpc) is 2.71. The fourth-order valence-corrected chi connectivity index (χ4v) is 1.67. The number of hydrogen-bond donors (Lipinski definition) is 0. The Bertz CT molecular complexity index is 547. The smallest absolute Gasteiger partial charge is 0.322 e. The van der Waals surface area contributed by atoms with Crippen molar-refractivity contribution in [3.8, 4) is 11.5 Å². The van der Waals surface area contributed by atoms with Gasteiger partial charge in [0.25, 0.3) is 0 Å². The number of ether oxygens (including phenoxy) is 2. The van der Waals surface area contributed by atoms with E-state index in [0.717, 1.165) is 5.56 Å². The molecule has 1 aromatic carbocycles. The van der Waals surface area contributed by atoms with E-state index in [1.807, 2.05) is 13.0 Å². The summed E-state index contributed by atoms with van der Waals surface area (Å²) in [5.41, 5.74) is 17.6. The molecule has 0 aromatic heterocycles. The van der Waals surface area contributed by atoms with E-state index in [9.17, 15) is 0 Å². The second-order valence-corrected chi connectivity index (χ2v) is 3.79. The Morgan fingerprint density at radius 2 is 2.06 bits per heavy atom. The van der Waals surface area contributed by atoms with Gasteiger partial charge >= 0.3 is 6.41 Å². The van der Waals surface area contributed by atoms with Crippen molar-refractivity contribution >= 4 is 0 Å². The Labute approximate surface area is 102 Å². The van der Waals surface area contributed by atoms with Crippen LogP contribution in [-0.2, 0) is 6.42 Å². The SMILES string of the molecule is CC(Cc1ccc2c(c1)O[C@@H](N=[N+]=[N-])O2)N=[N+]=[N-]. The molecular formula is C10H10N6O2. The summed E-state index contributed by atoms with van der Waals surface area (Å²) in [6.07, 6.45) is -0.345. The lowest BCUT2D eigenvalue weighted by atomic mass is 10.1. The van der Waals surface area contributed by atoms with Crippen molar-refractivity contribution in [3.05, 3.63) is 44.6 Å². The standard InChI is InChI=1S/C10H10N6O2/c1-6(13-15-11)4-7-2-3-8-9(5-7)18-10(17-8)14-16-12/h2-3,5-6,10H,4H2,1H3/t6?,10-/m0/s1. The van der Waals surface area contributed by atoms with Crippen LogP contribution in [0, 0.1) is 0 Å². The van der Waals surface area contributed by atoms with Gasteiger partial charge in [0.05, 0.1) is 0 Å². The maximum atomic E-state index is 8.33. The van der Waals surface area contributed by atoms with Crippen LogP contribution in [0.2, 0.25) is 0 Å². The first kappa shape index (κ1) is 11.9. The Morgan fingerprint density at radius 1 is 1.28 bits per heavy atom. The fourth-order valence-electron chi connectivity index (χ4n) is 1.67. The molecule has 0 N–H and O–H groups in total. The fraction of sp³-hybridized carbons (Fsp3) is 0.400. The number of fused-ring (bicyclic) bond motifs is 1. The summed E-state index contributed by atoms with van der Waals surface area (Å²) in [5.74, 6) is 1.06. The highest BCUT2D eigenvalue weighted by atomic mass is 16.7. The minimum absolute atomic E-state index is 0.136. The van der Waals surface area contributed by atoms with E-state index >= 15 is 0 Å². The summed E-state index contributed by atoms with van der Waals surface area (Å²) in [4.78, 5) is 5.37. The van der Waals surface area contributed by atoms with Gasteiger partial charge in [0.1, 0.15) is 0 Å². The molecule has 8 nitrogen and oxygen atoms in total. The molecule has 1 aromatic rings. The zero-order chi connectivity index (χ0) is 13.0. The molecule has 1 aliphatic heterocycles. The predicted molar refractivity (Wildman–Crippen MR) is 62.9 cm³/mol. The summed E-state index contributed by atoms with van der Waals surface area (Å²) in [5, 5.41) is 6.93. The zero-order valence-electron chi connectivity index (χ0n) is 9.59. The van der Waals surface area contributed by atoms with E-state index in [1.165, 1.54) is 0 Å². The van der Waals surface area contributed by atoms with Crippen LogP contribution in [0.1, 0.15) is 12.5 Å². The molecular weight excluding hydrogens is 236 g/mol. The first-order valence-electron chi connectivity index (χ1n) is 5.27. The van der Waals surface area contributed by atoms with E-state index < -0.39 is 6.41 Å². The number of rotatable bonds is 4. The molecule has 2 atom stereocenters. The van der Waals surface area contributed by atoms with E-state index in [4.69, 9.17) is 20.5 Å². The lowest BCUT2D eigenvalue weighted by Crippen LogP contribution is -2.12. The van der Waals surface area contributed by atoms with Crippen LogP contribution in [0.25, 0.3) is 20.9 Å². The summed E-state index contributed by atoms with van der Waals surface area (Å²) < 4.78 is 10.5. The van der Waals surface area contributed by atoms with E-state index in [0.29, 0.717) is 17.9 Å². The molecule has 0 aliphatic carbocycles. The predicted octanol–water partition coefficient (Wildman–Crippen LogP) is 3.29. The van der Waals surface area contributed by atoms with Crippen molar-refractivity contribution in [2.75, 3.05) is 0 Å². The number of hydrogen-bond acceptors (Lipinski definition) is 4. The van der Waals surface area contributed by atoms with Crippen LogP contribution in [0.15, 0.2) is 28.4 Å². The van der Waals surface area contributed by atoms with Crippen molar-refractivity contribution in [3.63, 3.8) is 0 Å². The third kappa shape index (κ3) is 2.57. The Kier molecular flexibility index (Phi) is 3.43. The Morgan fingerprint density at radius 3 is 2.78 bits per heavy atom. The lowest BCUT2D eigenvalue weighted by molar-refractivity contribution is 0.0565. The van der Waals surface area contributed by atoms with Gasteiger partial charge in [-0.2, -0.15) is 0 Å². The van der Waals surface area contributed by atoms with Gasteiger partial charge in [-0.05, 0) is 40.3 Å². The first-order chi connectivity index (χ1) is 8.72. The molecule has 1 aliphatic rings. The summed E-state index contributed by atoms with van der Waals surface area (Å²) in [6, 6.07) is 5.24. The van der Waals surface area contributed by atoms with E-state index in [2.05, 4.69) is 20.1 Å². The van der Waals surface area contributed by atoms with Crippen LogP contribution in [0.5, 0.6) is 11.5 Å². The van der Waals surface area contributed by atoms with Crippen molar-refractivity contribution in [1.82, 2.24) is 0 Å². The number of nitrogens with zero attached hydrogens (tertiary/aromatic N) is 6. The third-order valence-corrected chi connectivity index (χ3v) is 2.39. The van der Waals surface area contributed by atoms with Gasteiger partial charge in [-0.15, -0.1) is 0 Å². The van der Waals surface area contributed by atoms with E-state index in [1.54, 1.807) is 12.1 Å². The maximum absolute atomic E-state index is 8.33. The van der Waals surface area contributed by atoms with Crippen LogP contribution in [0.4, 0.5) is 0 Å². The van der Waals surface area contributed by atoms with Crippen LogP contribution >= 0.6 is 0 Å². The van der Waals surface area contributed by atoms with Crippen molar-refractivity contribution in [1.29, 1.82) is 0 Å². The first-order valence-corrected chi connectivity index (χ1v) is 5.27. The molecule has 0 saturated heterocycles. The normalized spacial score (nSPS) is 17.5. The molecule has 18 heavy (non-hydrogen) atoms. The summed E-state index contributed by atoms with van der Waals surface area (Å²) >= 11 is 0. The molecule has 92 valence electrons. The lowest BCUT2D eigenvalue weighted by Gasteiger charge is -2.05. The molecule has 8 heteroatoms. The number of azide groups is 2. The Balaban J connectivity index is 2.13. The Hall–Kier alpha value is -2.56. The summed E-state index contributed by atoms with van der Waals surface area (Å²) in [6.45, 7) is 1.83. The van der Waals surface area contributed by atoms with Gasteiger partial charge in [0.2, 0.25) is 0 Å². The van der Waals surface area contributed by atoms with E-state index in [-0.39, 0.29) is 6.04 Å². The van der Waals surface area contributed by atoms with Gasteiger partial charge in [-0.25, -0.2) is 0 Å². The minimum Gasteiger partial charge on any atom is -0.445 e. The highest BCUT2D eigenvalue weighted by Crippen LogP contribution is 2.36. The summed E-state index contributed by atoms with van der Waals surface area (Å²) in [7, 11) is 0. The van der Waals surface area contributed by atoms with Crippen LogP contribution in [-0.4, -0.2) is 12.5 Å². The maximum Gasteiger partial charge on any atom is 0.322 e. The zero-order valence-corrected chi connectivity index (χ0v) is 9.59. The van der Waals surface area contributed by atoms with Crippen molar-refractivity contribution in [2.24, 2.45) is 10.2 Å². The monoisotopic (exact) mass is 246 g/mol. The molecule has 0 fully saturated rings. The quantitative estimate of drug-likeness (QED) is 0.460. The minimum atomic E-state index is -0.949. The van der Waals surface area contributed by atoms with Gasteiger partial charge < -0.3 is 9.47 Å². The molecule has 0 spiro atoms. The molecule has 2 rings (SSSR count). The second kappa shape index (κ2) is 5.18. The molecule has 1 heterocycles. The van der Waals surface area contributed by atoms with Gasteiger partial charge in [-0.1, -0.05) is 18.1 Å². The highest BCUT2D eigenvalue weighted by molar-refractivity contribution is 5.45. The van der Waals surface area contributed by atoms with Crippen molar-refractivity contribution in [2.45, 2.75) is 25.8 Å². The average molecular weight is 246 g/mol. The van der Waals surface area contributed by atoms with Gasteiger partial charge in [0.15, 0.2) is 11.5 Å². The molecule has 0 bridgehead atoms. The highest BCUT2D eigenvalue weighted by Gasteiger charge is 2.23.